The first-order valence-electron chi connectivity index (χ1n) is 7.03. The van der Waals surface area contributed by atoms with Crippen molar-refractivity contribution in [2.24, 2.45) is 0 Å². The molecule has 7 heteroatoms. The molecular weight excluding hydrogens is 290 g/mol. The van der Waals surface area contributed by atoms with E-state index in [0.29, 0.717) is 43.7 Å². The SMILES string of the molecule is Cc1c(N)cccc1NC(=O)CCCN1CCCS1(=O)=O. The molecule has 1 aromatic carbocycles. The van der Waals surface area contributed by atoms with Gasteiger partial charge in [-0.2, -0.15) is 0 Å². The molecule has 0 unspecified atom stereocenters. The second-order valence-electron chi connectivity index (χ2n) is 5.24. The fourth-order valence-electron chi connectivity index (χ4n) is 2.36. The van der Waals surface area contributed by atoms with Crippen LogP contribution in [0.5, 0.6) is 0 Å². The lowest BCUT2D eigenvalue weighted by Gasteiger charge is -2.14. The van der Waals surface area contributed by atoms with Crippen LogP contribution in [0.3, 0.4) is 0 Å². The summed E-state index contributed by atoms with van der Waals surface area (Å²) in [6, 6.07) is 5.37. The van der Waals surface area contributed by atoms with Crippen molar-refractivity contribution in [2.75, 3.05) is 29.9 Å². The number of benzene rings is 1. The smallest absolute Gasteiger partial charge is 0.224 e. The maximum Gasteiger partial charge on any atom is 0.224 e. The van der Waals surface area contributed by atoms with Crippen LogP contribution in [0, 0.1) is 6.92 Å². The van der Waals surface area contributed by atoms with E-state index in [9.17, 15) is 13.2 Å². The molecular formula is C14H21N3O3S. The zero-order valence-corrected chi connectivity index (χ0v) is 12.9. The molecule has 1 aliphatic heterocycles. The number of hydrogen-bond donors (Lipinski definition) is 2. The van der Waals surface area contributed by atoms with Crippen molar-refractivity contribution >= 4 is 27.3 Å². The van der Waals surface area contributed by atoms with Crippen LogP contribution < -0.4 is 11.1 Å². The number of rotatable bonds is 5. The summed E-state index contributed by atoms with van der Waals surface area (Å²) in [5, 5.41) is 2.81. The number of nitrogens with one attached hydrogen (secondary N) is 1. The number of carbonyl (C=O) groups excluding carboxylic acids is 1. The minimum Gasteiger partial charge on any atom is -0.398 e. The number of hydrogen-bond acceptors (Lipinski definition) is 4. The molecule has 3 N–H and O–H groups in total. The van der Waals surface area contributed by atoms with Gasteiger partial charge in [-0.25, -0.2) is 12.7 Å². The highest BCUT2D eigenvalue weighted by Crippen LogP contribution is 2.21. The maximum atomic E-state index is 11.9. The predicted molar refractivity (Wildman–Crippen MR) is 83.4 cm³/mol. The molecule has 6 nitrogen and oxygen atoms in total. The van der Waals surface area contributed by atoms with E-state index in [0.717, 1.165) is 5.56 Å². The van der Waals surface area contributed by atoms with Gasteiger partial charge in [-0.15, -0.1) is 0 Å². The Hall–Kier alpha value is -1.60. The van der Waals surface area contributed by atoms with Crippen molar-refractivity contribution < 1.29 is 13.2 Å². The lowest BCUT2D eigenvalue weighted by atomic mass is 10.1. The Kier molecular flexibility index (Phi) is 4.84. The number of amides is 1. The van der Waals surface area contributed by atoms with E-state index in [4.69, 9.17) is 5.73 Å². The highest BCUT2D eigenvalue weighted by Gasteiger charge is 2.27. The minimum atomic E-state index is -3.07. The van der Waals surface area contributed by atoms with Crippen LogP contribution in [0.4, 0.5) is 11.4 Å². The first-order chi connectivity index (χ1) is 9.90. The molecule has 1 amide bonds. The standard InChI is InChI=1S/C14H21N3O3S/c1-11-12(15)5-2-6-13(11)16-14(18)7-3-8-17-9-4-10-21(17,19)20/h2,5-6H,3-4,7-10,15H2,1H3,(H,16,18). The van der Waals surface area contributed by atoms with Crippen LogP contribution >= 0.6 is 0 Å². The zero-order valence-electron chi connectivity index (χ0n) is 12.1. The molecule has 1 aromatic rings. The molecule has 0 aliphatic carbocycles. The Bertz CT molecular complexity index is 628. The van der Waals surface area contributed by atoms with E-state index < -0.39 is 10.0 Å². The quantitative estimate of drug-likeness (QED) is 0.802. The van der Waals surface area contributed by atoms with Crippen molar-refractivity contribution in [3.63, 3.8) is 0 Å². The Morgan fingerprint density at radius 2 is 2.19 bits per heavy atom. The molecule has 2 rings (SSSR count). The summed E-state index contributed by atoms with van der Waals surface area (Å²) in [5.74, 6) is 0.0992. The number of sulfonamides is 1. The lowest BCUT2D eigenvalue weighted by Crippen LogP contribution is -2.27. The van der Waals surface area contributed by atoms with Crippen molar-refractivity contribution in [2.45, 2.75) is 26.2 Å². The van der Waals surface area contributed by atoms with E-state index in [1.807, 2.05) is 6.92 Å². The number of nitrogens with two attached hydrogens (primary N) is 1. The first kappa shape index (κ1) is 15.8. The van der Waals surface area contributed by atoms with Crippen molar-refractivity contribution in [1.82, 2.24) is 4.31 Å². The molecule has 0 spiro atoms. The number of nitrogens with zero attached hydrogens (tertiary/aromatic N) is 1. The molecule has 21 heavy (non-hydrogen) atoms. The number of anilines is 2. The predicted octanol–water partition coefficient (Wildman–Crippen LogP) is 1.33. The highest BCUT2D eigenvalue weighted by atomic mass is 32.2. The zero-order chi connectivity index (χ0) is 15.5. The number of carbonyl (C=O) groups is 1. The minimum absolute atomic E-state index is 0.125. The molecule has 0 aromatic heterocycles. The average molecular weight is 311 g/mol. The Morgan fingerprint density at radius 1 is 1.43 bits per heavy atom. The average Bonchev–Trinajstić information content (AvgIpc) is 2.74. The maximum absolute atomic E-state index is 11.9. The fourth-order valence-corrected chi connectivity index (χ4v) is 3.93. The highest BCUT2D eigenvalue weighted by molar-refractivity contribution is 7.89. The van der Waals surface area contributed by atoms with Gasteiger partial charge in [0, 0.05) is 30.9 Å². The molecule has 1 heterocycles. The van der Waals surface area contributed by atoms with Gasteiger partial charge in [-0.05, 0) is 37.5 Å². The van der Waals surface area contributed by atoms with Crippen LogP contribution in [-0.2, 0) is 14.8 Å². The summed E-state index contributed by atoms with van der Waals surface area (Å²) in [4.78, 5) is 11.9. The summed E-state index contributed by atoms with van der Waals surface area (Å²) < 4.78 is 24.7. The fraction of sp³-hybridized carbons (Fsp3) is 0.500. The summed E-state index contributed by atoms with van der Waals surface area (Å²) >= 11 is 0. The first-order valence-corrected chi connectivity index (χ1v) is 8.64. The Morgan fingerprint density at radius 3 is 2.86 bits per heavy atom. The molecule has 0 atom stereocenters. The monoisotopic (exact) mass is 311 g/mol. The summed E-state index contributed by atoms with van der Waals surface area (Å²) in [5.41, 5.74) is 7.96. The van der Waals surface area contributed by atoms with Crippen LogP contribution in [-0.4, -0.2) is 37.5 Å². The summed E-state index contributed by atoms with van der Waals surface area (Å²) in [6.45, 7) is 2.83. The molecule has 1 saturated heterocycles. The molecule has 0 bridgehead atoms. The third-order valence-corrected chi connectivity index (χ3v) is 5.62. The van der Waals surface area contributed by atoms with Gasteiger partial charge in [0.1, 0.15) is 0 Å². The van der Waals surface area contributed by atoms with E-state index in [1.54, 1.807) is 18.2 Å². The molecule has 1 fully saturated rings. The van der Waals surface area contributed by atoms with E-state index in [-0.39, 0.29) is 11.7 Å². The Balaban J connectivity index is 1.82. The van der Waals surface area contributed by atoms with Crippen LogP contribution in [0.1, 0.15) is 24.8 Å². The second kappa shape index (κ2) is 6.44. The lowest BCUT2D eigenvalue weighted by molar-refractivity contribution is -0.116. The van der Waals surface area contributed by atoms with Gasteiger partial charge in [0.05, 0.1) is 5.75 Å². The number of nitrogen functional groups attached to an aromatic ring is 1. The van der Waals surface area contributed by atoms with Gasteiger partial charge in [0.2, 0.25) is 15.9 Å². The van der Waals surface area contributed by atoms with Crippen LogP contribution in [0.25, 0.3) is 0 Å². The summed E-state index contributed by atoms with van der Waals surface area (Å²) in [6.07, 6.45) is 1.49. The van der Waals surface area contributed by atoms with Crippen LogP contribution in [0.2, 0.25) is 0 Å². The molecule has 1 aliphatic rings. The van der Waals surface area contributed by atoms with Crippen LogP contribution in [0.15, 0.2) is 18.2 Å². The van der Waals surface area contributed by atoms with Crippen molar-refractivity contribution in [3.8, 4) is 0 Å². The third-order valence-electron chi connectivity index (χ3n) is 3.66. The topological polar surface area (TPSA) is 92.5 Å². The van der Waals surface area contributed by atoms with Gasteiger partial charge in [-0.3, -0.25) is 4.79 Å². The van der Waals surface area contributed by atoms with Gasteiger partial charge < -0.3 is 11.1 Å². The van der Waals surface area contributed by atoms with E-state index in [2.05, 4.69) is 5.32 Å². The summed E-state index contributed by atoms with van der Waals surface area (Å²) in [7, 11) is -3.07. The van der Waals surface area contributed by atoms with Crippen molar-refractivity contribution in [1.29, 1.82) is 0 Å². The van der Waals surface area contributed by atoms with Gasteiger partial charge in [-0.1, -0.05) is 6.07 Å². The molecule has 116 valence electrons. The largest absolute Gasteiger partial charge is 0.398 e. The third kappa shape index (κ3) is 3.95. The normalized spacial score (nSPS) is 17.8. The van der Waals surface area contributed by atoms with Crippen molar-refractivity contribution in [3.05, 3.63) is 23.8 Å². The molecule has 0 saturated carbocycles. The van der Waals surface area contributed by atoms with Gasteiger partial charge >= 0.3 is 0 Å². The van der Waals surface area contributed by atoms with Gasteiger partial charge in [0.25, 0.3) is 0 Å². The Labute approximate surface area is 125 Å². The molecule has 0 radical (unpaired) electrons. The van der Waals surface area contributed by atoms with E-state index in [1.165, 1.54) is 4.31 Å². The van der Waals surface area contributed by atoms with E-state index >= 15 is 0 Å². The van der Waals surface area contributed by atoms with Gasteiger partial charge in [0.15, 0.2) is 0 Å². The second-order valence-corrected chi connectivity index (χ2v) is 7.33.